The first-order chi connectivity index (χ1) is 8.58. The molecule has 0 unspecified atom stereocenters. The molecule has 0 N–H and O–H groups in total. The fourth-order valence-corrected chi connectivity index (χ4v) is 1.85. The summed E-state index contributed by atoms with van der Waals surface area (Å²) < 4.78 is 23.3. The maximum Gasteiger partial charge on any atom is 0.356 e. The highest BCUT2D eigenvalue weighted by Gasteiger charge is 2.17. The predicted molar refractivity (Wildman–Crippen MR) is 64.6 cm³/mol. The highest BCUT2D eigenvalue weighted by molar-refractivity contribution is 6.36. The van der Waals surface area contributed by atoms with Crippen LogP contribution in [0.2, 0.25) is 5.02 Å². The van der Waals surface area contributed by atoms with Crippen molar-refractivity contribution in [3.05, 3.63) is 34.7 Å². The number of nitrogens with zero attached hydrogens (tertiary/aromatic N) is 1. The average Bonchev–Trinajstić information content (AvgIpc) is 2.40. The second kappa shape index (κ2) is 4.78. The number of aromatic nitrogens is 1. The molecule has 0 aliphatic heterocycles. The Hall–Kier alpha value is -1.88. The molecule has 94 valence electrons. The van der Waals surface area contributed by atoms with Crippen LogP contribution in [0.1, 0.15) is 10.5 Å². The van der Waals surface area contributed by atoms with E-state index in [1.807, 2.05) is 0 Å². The molecule has 0 saturated carbocycles. The smallest absolute Gasteiger partial charge is 0.356 e. The number of carbonyl (C=O) groups is 1. The average molecular weight is 270 g/mol. The lowest BCUT2D eigenvalue weighted by Gasteiger charge is -2.09. The molecule has 0 spiro atoms. The Kier molecular flexibility index (Phi) is 3.34. The van der Waals surface area contributed by atoms with Gasteiger partial charge in [-0.2, -0.15) is 0 Å². The SMILES string of the molecule is COC(=O)c1cc(OC)c2c(Cl)ccc(F)c2n1. The highest BCUT2D eigenvalue weighted by Crippen LogP contribution is 2.33. The number of pyridine rings is 1. The van der Waals surface area contributed by atoms with Crippen LogP contribution in [0.5, 0.6) is 5.75 Å². The minimum absolute atomic E-state index is 0.0257. The first-order valence-electron chi connectivity index (χ1n) is 4.99. The first-order valence-corrected chi connectivity index (χ1v) is 5.37. The fraction of sp³-hybridized carbons (Fsp3) is 0.167. The highest BCUT2D eigenvalue weighted by atomic mass is 35.5. The summed E-state index contributed by atoms with van der Waals surface area (Å²) in [4.78, 5) is 15.3. The van der Waals surface area contributed by atoms with Crippen LogP contribution in [0.4, 0.5) is 4.39 Å². The van der Waals surface area contributed by atoms with E-state index in [0.29, 0.717) is 10.4 Å². The number of benzene rings is 1. The van der Waals surface area contributed by atoms with Gasteiger partial charge in [-0.3, -0.25) is 0 Å². The van der Waals surface area contributed by atoms with E-state index >= 15 is 0 Å². The fourth-order valence-electron chi connectivity index (χ4n) is 1.60. The van der Waals surface area contributed by atoms with Crippen molar-refractivity contribution in [1.82, 2.24) is 4.98 Å². The molecule has 6 heteroatoms. The van der Waals surface area contributed by atoms with Gasteiger partial charge in [0.2, 0.25) is 0 Å². The van der Waals surface area contributed by atoms with Gasteiger partial charge in [0.25, 0.3) is 0 Å². The Morgan fingerprint density at radius 1 is 1.39 bits per heavy atom. The molecule has 0 aliphatic carbocycles. The molecule has 0 fully saturated rings. The third-order valence-corrected chi connectivity index (χ3v) is 2.75. The van der Waals surface area contributed by atoms with Gasteiger partial charge in [0.05, 0.1) is 24.6 Å². The summed E-state index contributed by atoms with van der Waals surface area (Å²) in [5, 5.41) is 0.624. The molecule has 0 atom stereocenters. The van der Waals surface area contributed by atoms with Gasteiger partial charge in [0.1, 0.15) is 17.1 Å². The standard InChI is InChI=1S/C12H9ClFNO3/c1-17-9-5-8(12(16)18-2)15-11-7(14)4-3-6(13)10(9)11/h3-5H,1-2H3. The lowest BCUT2D eigenvalue weighted by Crippen LogP contribution is -2.06. The van der Waals surface area contributed by atoms with Crippen LogP contribution >= 0.6 is 11.6 Å². The van der Waals surface area contributed by atoms with Crippen LogP contribution in [0.3, 0.4) is 0 Å². The zero-order valence-corrected chi connectivity index (χ0v) is 10.4. The van der Waals surface area contributed by atoms with E-state index < -0.39 is 11.8 Å². The second-order valence-corrected chi connectivity index (χ2v) is 3.86. The van der Waals surface area contributed by atoms with Crippen LogP contribution in [0.25, 0.3) is 10.9 Å². The summed E-state index contributed by atoms with van der Waals surface area (Å²) in [7, 11) is 2.62. The molecular formula is C12H9ClFNO3. The summed E-state index contributed by atoms with van der Waals surface area (Å²) >= 11 is 5.98. The van der Waals surface area contributed by atoms with Crippen molar-refractivity contribution in [2.75, 3.05) is 14.2 Å². The summed E-state index contributed by atoms with van der Waals surface area (Å²) in [5.74, 6) is -0.988. The summed E-state index contributed by atoms with van der Waals surface area (Å²) in [6.45, 7) is 0. The number of rotatable bonds is 2. The summed E-state index contributed by atoms with van der Waals surface area (Å²) in [6.07, 6.45) is 0. The van der Waals surface area contributed by atoms with Crippen LogP contribution in [0, 0.1) is 5.82 Å². The third-order valence-electron chi connectivity index (χ3n) is 2.44. The van der Waals surface area contributed by atoms with E-state index in [4.69, 9.17) is 16.3 Å². The number of esters is 1. The summed E-state index contributed by atoms with van der Waals surface area (Å²) in [6, 6.07) is 3.94. The van der Waals surface area contributed by atoms with Crippen molar-refractivity contribution in [1.29, 1.82) is 0 Å². The lowest BCUT2D eigenvalue weighted by molar-refractivity contribution is 0.0594. The first kappa shape index (κ1) is 12.6. The van der Waals surface area contributed by atoms with Crippen LogP contribution in [-0.2, 0) is 4.74 Å². The Morgan fingerprint density at radius 3 is 2.72 bits per heavy atom. The Morgan fingerprint density at radius 2 is 2.11 bits per heavy atom. The van der Waals surface area contributed by atoms with Gasteiger partial charge in [-0.05, 0) is 12.1 Å². The Labute approximate surface area is 107 Å². The molecule has 4 nitrogen and oxygen atoms in total. The molecule has 1 aromatic carbocycles. The molecule has 2 rings (SSSR count). The third kappa shape index (κ3) is 1.97. The van der Waals surface area contributed by atoms with Gasteiger partial charge < -0.3 is 9.47 Å². The molecule has 18 heavy (non-hydrogen) atoms. The van der Waals surface area contributed by atoms with Crippen molar-refractivity contribution in [2.45, 2.75) is 0 Å². The van der Waals surface area contributed by atoms with Crippen molar-refractivity contribution >= 4 is 28.5 Å². The maximum atomic E-state index is 13.7. The van der Waals surface area contributed by atoms with Gasteiger partial charge in [-0.15, -0.1) is 0 Å². The molecular weight excluding hydrogens is 261 g/mol. The largest absolute Gasteiger partial charge is 0.496 e. The second-order valence-electron chi connectivity index (χ2n) is 3.45. The van der Waals surface area contributed by atoms with Crippen molar-refractivity contribution in [3.8, 4) is 5.75 Å². The van der Waals surface area contributed by atoms with Crippen LogP contribution in [0.15, 0.2) is 18.2 Å². The quantitative estimate of drug-likeness (QED) is 0.787. The van der Waals surface area contributed by atoms with E-state index in [1.165, 1.54) is 32.4 Å². The number of fused-ring (bicyclic) bond motifs is 1. The van der Waals surface area contributed by atoms with E-state index in [1.54, 1.807) is 0 Å². The van der Waals surface area contributed by atoms with Crippen LogP contribution in [-0.4, -0.2) is 25.2 Å². The molecule has 0 aliphatic rings. The zero-order valence-electron chi connectivity index (χ0n) is 9.66. The number of halogens is 2. The van der Waals surface area contributed by atoms with E-state index in [-0.39, 0.29) is 17.0 Å². The molecule has 2 aromatic rings. The predicted octanol–water partition coefficient (Wildman–Crippen LogP) is 2.82. The number of carbonyl (C=O) groups excluding carboxylic acids is 1. The monoisotopic (exact) mass is 269 g/mol. The number of methoxy groups -OCH3 is 2. The number of hydrogen-bond acceptors (Lipinski definition) is 4. The zero-order chi connectivity index (χ0) is 13.3. The lowest BCUT2D eigenvalue weighted by atomic mass is 10.1. The molecule has 0 saturated heterocycles. The van der Waals surface area contributed by atoms with Crippen molar-refractivity contribution in [3.63, 3.8) is 0 Å². The Bertz CT molecular complexity index is 630. The Balaban J connectivity index is 2.83. The normalized spacial score (nSPS) is 10.4. The molecule has 0 radical (unpaired) electrons. The molecule has 1 aromatic heterocycles. The van der Waals surface area contributed by atoms with Gasteiger partial charge in [-0.25, -0.2) is 14.2 Å². The van der Waals surface area contributed by atoms with Gasteiger partial charge in [0, 0.05) is 6.07 Å². The van der Waals surface area contributed by atoms with E-state index in [9.17, 15) is 9.18 Å². The van der Waals surface area contributed by atoms with Crippen molar-refractivity contribution in [2.24, 2.45) is 0 Å². The topological polar surface area (TPSA) is 48.4 Å². The van der Waals surface area contributed by atoms with Crippen LogP contribution < -0.4 is 4.74 Å². The van der Waals surface area contributed by atoms with Crippen molar-refractivity contribution < 1.29 is 18.7 Å². The van der Waals surface area contributed by atoms with E-state index in [2.05, 4.69) is 9.72 Å². The molecule has 0 amide bonds. The van der Waals surface area contributed by atoms with Gasteiger partial charge in [0.15, 0.2) is 5.69 Å². The maximum absolute atomic E-state index is 13.7. The van der Waals surface area contributed by atoms with Gasteiger partial charge in [-0.1, -0.05) is 11.6 Å². The molecule has 0 bridgehead atoms. The molecule has 1 heterocycles. The minimum Gasteiger partial charge on any atom is -0.496 e. The minimum atomic E-state index is -0.672. The van der Waals surface area contributed by atoms with Gasteiger partial charge >= 0.3 is 5.97 Å². The summed E-state index contributed by atoms with van der Waals surface area (Å²) in [5.41, 5.74) is -0.0646. The number of hydrogen-bond donors (Lipinski definition) is 0. The van der Waals surface area contributed by atoms with E-state index in [0.717, 1.165) is 0 Å². The number of ether oxygens (including phenoxy) is 2.